The third kappa shape index (κ3) is 8.06. The van der Waals surface area contributed by atoms with E-state index in [1.165, 1.54) is 12.8 Å². The highest BCUT2D eigenvalue weighted by molar-refractivity contribution is 5.79. The zero-order chi connectivity index (χ0) is 21.1. The molecule has 0 radical (unpaired) electrons. The summed E-state index contributed by atoms with van der Waals surface area (Å²) >= 11 is 0. The van der Waals surface area contributed by atoms with Gasteiger partial charge in [0.15, 0.2) is 0 Å². The normalized spacial score (nSPS) is 26.9. The monoisotopic (exact) mass is 412 g/mol. The molecule has 1 saturated heterocycles. The van der Waals surface area contributed by atoms with Gasteiger partial charge < -0.3 is 25.8 Å². The van der Waals surface area contributed by atoms with Crippen molar-refractivity contribution < 1.29 is 19.1 Å². The highest BCUT2D eigenvalue weighted by Crippen LogP contribution is 2.40. The van der Waals surface area contributed by atoms with Crippen molar-refractivity contribution in [3.05, 3.63) is 0 Å². The molecule has 2 rings (SSSR count). The lowest BCUT2D eigenvalue weighted by atomic mass is 9.69. The number of hydrazone groups is 1. The Morgan fingerprint density at radius 2 is 1.97 bits per heavy atom. The molecule has 2 aliphatic rings. The summed E-state index contributed by atoms with van der Waals surface area (Å²) in [6.45, 7) is 3.69. The van der Waals surface area contributed by atoms with Gasteiger partial charge in [0, 0.05) is 19.4 Å². The van der Waals surface area contributed by atoms with E-state index in [0.717, 1.165) is 32.2 Å². The van der Waals surface area contributed by atoms with Gasteiger partial charge in [0.1, 0.15) is 11.9 Å². The van der Waals surface area contributed by atoms with Crippen LogP contribution in [0.15, 0.2) is 5.10 Å². The molecule has 29 heavy (non-hydrogen) atoms. The van der Waals surface area contributed by atoms with Crippen LogP contribution in [0, 0.1) is 17.8 Å². The van der Waals surface area contributed by atoms with Gasteiger partial charge in [0.2, 0.25) is 0 Å². The third-order valence-corrected chi connectivity index (χ3v) is 5.80. The molecular weight excluding hydrogens is 376 g/mol. The minimum atomic E-state index is -0.446. The van der Waals surface area contributed by atoms with E-state index in [1.54, 1.807) is 0 Å². The second-order valence-corrected chi connectivity index (χ2v) is 7.85. The molecule has 1 aliphatic heterocycles. The van der Waals surface area contributed by atoms with Crippen LogP contribution in [-0.4, -0.2) is 50.2 Å². The average Bonchev–Trinajstić information content (AvgIpc) is 2.71. The summed E-state index contributed by atoms with van der Waals surface area (Å²) in [7, 11) is 0. The van der Waals surface area contributed by atoms with Gasteiger partial charge in [-0.1, -0.05) is 6.42 Å². The number of ether oxygens (including phenoxy) is 2. The summed E-state index contributed by atoms with van der Waals surface area (Å²) in [5.74, 6) is 7.22. The van der Waals surface area contributed by atoms with E-state index in [1.807, 2.05) is 6.92 Å². The Hall–Kier alpha value is -2.07. The van der Waals surface area contributed by atoms with Crippen LogP contribution >= 0.6 is 0 Å². The average molecular weight is 413 g/mol. The zero-order valence-corrected chi connectivity index (χ0v) is 17.3. The number of carbonyl (C=O) groups excluding carboxylic acids is 2. The molecule has 166 valence electrons. The molecular formula is C19H36N6O4. The fourth-order valence-corrected chi connectivity index (χ4v) is 4.29. The van der Waals surface area contributed by atoms with Crippen molar-refractivity contribution in [2.75, 3.05) is 26.3 Å². The van der Waals surface area contributed by atoms with Crippen molar-refractivity contribution in [3.63, 3.8) is 0 Å². The Morgan fingerprint density at radius 3 is 2.72 bits per heavy atom. The maximum atomic E-state index is 12.4. The lowest BCUT2D eigenvalue weighted by Gasteiger charge is -2.42. The minimum Gasteiger partial charge on any atom is -0.464 e. The van der Waals surface area contributed by atoms with Gasteiger partial charge in [-0.15, -0.1) is 0 Å². The smallest absolute Gasteiger partial charge is 0.407 e. The predicted molar refractivity (Wildman–Crippen MR) is 110 cm³/mol. The number of piperidine rings is 1. The van der Waals surface area contributed by atoms with Crippen molar-refractivity contribution in [3.8, 4) is 0 Å². The summed E-state index contributed by atoms with van der Waals surface area (Å²) < 4.78 is 10.3. The molecule has 0 bridgehead atoms. The number of esters is 1. The lowest BCUT2D eigenvalue weighted by molar-refractivity contribution is -0.148. The van der Waals surface area contributed by atoms with Gasteiger partial charge in [-0.05, 0) is 56.9 Å². The number of rotatable bonds is 10. The number of amides is 1. The van der Waals surface area contributed by atoms with E-state index < -0.39 is 6.09 Å². The van der Waals surface area contributed by atoms with Crippen LogP contribution in [-0.2, 0) is 14.3 Å². The molecule has 4 unspecified atom stereocenters. The summed E-state index contributed by atoms with van der Waals surface area (Å²) in [6, 6.07) is -0.257. The molecule has 4 atom stereocenters. The first-order valence-electron chi connectivity index (χ1n) is 10.6. The van der Waals surface area contributed by atoms with Crippen LogP contribution in [0.3, 0.4) is 0 Å². The summed E-state index contributed by atoms with van der Waals surface area (Å²) in [5.41, 5.74) is 8.03. The molecule has 1 saturated carbocycles. The van der Waals surface area contributed by atoms with Crippen LogP contribution < -0.4 is 27.7 Å². The Morgan fingerprint density at radius 1 is 1.17 bits per heavy atom. The first kappa shape index (κ1) is 23.2. The number of hydrazine groups is 1. The molecule has 2 fully saturated rings. The third-order valence-electron chi connectivity index (χ3n) is 5.80. The molecule has 10 nitrogen and oxygen atoms in total. The predicted octanol–water partition coefficient (Wildman–Crippen LogP) is 0.576. The standard InChI is InChI=1S/C19H36N6O4/c1-2-22-19(27)29-9-3-8-28-18(26)16-11-15-10-13(4-6-14(15)12-23-16)5-7-17(20)24-25-21/h13-16,23,25H,2-12,21H2,1H3,(H2,20,24)(H,22,27). The van der Waals surface area contributed by atoms with E-state index in [0.29, 0.717) is 36.6 Å². The Bertz CT molecular complexity index is 559. The zero-order valence-electron chi connectivity index (χ0n) is 17.3. The van der Waals surface area contributed by atoms with E-state index in [9.17, 15) is 9.59 Å². The van der Waals surface area contributed by atoms with Crippen LogP contribution in [0.2, 0.25) is 0 Å². The number of nitrogens with two attached hydrogens (primary N) is 2. The summed E-state index contributed by atoms with van der Waals surface area (Å²) in [5, 5.41) is 9.70. The molecule has 7 N–H and O–H groups in total. The van der Waals surface area contributed by atoms with Crippen LogP contribution in [0.4, 0.5) is 4.79 Å². The molecule has 1 aliphatic carbocycles. The van der Waals surface area contributed by atoms with Gasteiger partial charge in [-0.2, -0.15) is 5.10 Å². The Labute approximate surface area is 172 Å². The second kappa shape index (κ2) is 12.5. The second-order valence-electron chi connectivity index (χ2n) is 7.85. The maximum Gasteiger partial charge on any atom is 0.407 e. The van der Waals surface area contributed by atoms with Gasteiger partial charge in [-0.3, -0.25) is 4.79 Å². The quantitative estimate of drug-likeness (QED) is 0.0872. The molecule has 0 aromatic rings. The summed E-state index contributed by atoms with van der Waals surface area (Å²) in [6.07, 6.45) is 6.05. The van der Waals surface area contributed by atoms with E-state index in [-0.39, 0.29) is 25.2 Å². The number of carbonyl (C=O) groups is 2. The SMILES string of the molecule is CCNC(=O)OCCCOC(=O)C1CC2CC(CC/C(N)=N/NN)CCC2CN1. The number of nitrogens with zero attached hydrogens (tertiary/aromatic N) is 1. The fraction of sp³-hybridized carbons (Fsp3) is 0.842. The minimum absolute atomic E-state index is 0.214. The van der Waals surface area contributed by atoms with Crippen LogP contribution in [0.5, 0.6) is 0 Å². The number of amidine groups is 1. The highest BCUT2D eigenvalue weighted by atomic mass is 16.6. The molecule has 0 aromatic heterocycles. The van der Waals surface area contributed by atoms with E-state index in [4.69, 9.17) is 21.1 Å². The Kier molecular flexibility index (Phi) is 9.99. The molecule has 0 spiro atoms. The van der Waals surface area contributed by atoms with E-state index in [2.05, 4.69) is 21.3 Å². The summed E-state index contributed by atoms with van der Waals surface area (Å²) in [4.78, 5) is 23.6. The van der Waals surface area contributed by atoms with Crippen LogP contribution in [0.25, 0.3) is 0 Å². The Balaban J connectivity index is 1.67. The van der Waals surface area contributed by atoms with Crippen LogP contribution in [0.1, 0.15) is 51.9 Å². The number of fused-ring (bicyclic) bond motifs is 1. The van der Waals surface area contributed by atoms with Gasteiger partial charge >= 0.3 is 12.1 Å². The van der Waals surface area contributed by atoms with Crippen molar-refractivity contribution >= 4 is 17.9 Å². The maximum absolute atomic E-state index is 12.4. The lowest BCUT2D eigenvalue weighted by Crippen LogP contribution is -2.50. The molecule has 1 amide bonds. The highest BCUT2D eigenvalue weighted by Gasteiger charge is 2.38. The molecule has 10 heteroatoms. The fourth-order valence-electron chi connectivity index (χ4n) is 4.29. The van der Waals surface area contributed by atoms with Crippen molar-refractivity contribution in [2.24, 2.45) is 34.4 Å². The number of hydrogen-bond donors (Lipinski definition) is 5. The topological polar surface area (TPSA) is 153 Å². The molecule has 1 heterocycles. The largest absolute Gasteiger partial charge is 0.464 e. The van der Waals surface area contributed by atoms with Gasteiger partial charge in [-0.25, -0.2) is 16.2 Å². The van der Waals surface area contributed by atoms with Crippen molar-refractivity contribution in [1.82, 2.24) is 16.2 Å². The number of nitrogens with one attached hydrogen (secondary N) is 3. The van der Waals surface area contributed by atoms with Gasteiger partial charge in [0.25, 0.3) is 0 Å². The first-order valence-corrected chi connectivity index (χ1v) is 10.6. The van der Waals surface area contributed by atoms with E-state index >= 15 is 0 Å². The first-order chi connectivity index (χ1) is 14.0. The number of alkyl carbamates (subject to hydrolysis) is 1. The molecule has 0 aromatic carbocycles. The van der Waals surface area contributed by atoms with Crippen molar-refractivity contribution in [2.45, 2.75) is 57.9 Å². The number of hydrogen-bond acceptors (Lipinski definition) is 8. The van der Waals surface area contributed by atoms with Crippen molar-refractivity contribution in [1.29, 1.82) is 0 Å². The van der Waals surface area contributed by atoms with Gasteiger partial charge in [0.05, 0.1) is 13.2 Å².